The quantitative estimate of drug-likeness (QED) is 0.805. The van der Waals surface area contributed by atoms with Crippen molar-refractivity contribution in [2.45, 2.75) is 45.3 Å². The Morgan fingerprint density at radius 3 is 2.88 bits per heavy atom. The van der Waals surface area contributed by atoms with Gasteiger partial charge in [0.1, 0.15) is 17.1 Å². The molecule has 2 aromatic rings. The maximum atomic E-state index is 12.6. The maximum Gasteiger partial charge on any atom is 0.269 e. The van der Waals surface area contributed by atoms with Gasteiger partial charge < -0.3 is 15.3 Å². The van der Waals surface area contributed by atoms with Gasteiger partial charge in [-0.25, -0.2) is 4.98 Å². The molecule has 3 rings (SSSR count). The number of anilines is 1. The van der Waals surface area contributed by atoms with E-state index in [0.717, 1.165) is 11.5 Å². The van der Waals surface area contributed by atoms with Gasteiger partial charge in [0.25, 0.3) is 5.91 Å². The van der Waals surface area contributed by atoms with Crippen LogP contribution in [0.5, 0.6) is 0 Å². The largest absolute Gasteiger partial charge is 0.386 e. The number of carbonyl (C=O) groups excluding carboxylic acids is 1. The van der Waals surface area contributed by atoms with Crippen molar-refractivity contribution in [2.24, 2.45) is 0 Å². The highest BCUT2D eigenvalue weighted by Crippen LogP contribution is 2.24. The van der Waals surface area contributed by atoms with Crippen molar-refractivity contribution in [2.75, 3.05) is 24.5 Å². The van der Waals surface area contributed by atoms with E-state index in [9.17, 15) is 9.90 Å². The number of carbonyl (C=O) groups is 1. The first-order valence-electron chi connectivity index (χ1n) is 9.01. The highest BCUT2D eigenvalue weighted by Gasteiger charge is 2.37. The molecule has 2 aromatic heterocycles. The third-order valence-electron chi connectivity index (χ3n) is 4.71. The van der Waals surface area contributed by atoms with E-state index < -0.39 is 5.60 Å². The van der Waals surface area contributed by atoms with E-state index in [0.29, 0.717) is 31.7 Å². The molecule has 26 heavy (non-hydrogen) atoms. The summed E-state index contributed by atoms with van der Waals surface area (Å²) in [6.07, 6.45) is 5.49. The van der Waals surface area contributed by atoms with Crippen LogP contribution in [0.25, 0.3) is 0 Å². The molecule has 2 N–H and O–H groups in total. The summed E-state index contributed by atoms with van der Waals surface area (Å²) >= 11 is 0. The summed E-state index contributed by atoms with van der Waals surface area (Å²) in [6.45, 7) is 7.95. The summed E-state index contributed by atoms with van der Waals surface area (Å²) in [5.41, 5.74) is 0.444. The molecule has 0 unspecified atom stereocenters. The Morgan fingerprint density at radius 2 is 2.23 bits per heavy atom. The number of hydrogen-bond acceptors (Lipinski definition) is 6. The number of aliphatic hydroxyl groups is 1. The van der Waals surface area contributed by atoms with Crippen LogP contribution in [0.4, 0.5) is 5.82 Å². The molecule has 1 saturated heterocycles. The minimum absolute atomic E-state index is 0.189. The molecule has 0 aromatic carbocycles. The fourth-order valence-electron chi connectivity index (χ4n) is 3.13. The second-order valence-corrected chi connectivity index (χ2v) is 7.07. The summed E-state index contributed by atoms with van der Waals surface area (Å²) < 4.78 is 1.70. The molecule has 1 fully saturated rings. The molecule has 1 aliphatic rings. The lowest BCUT2D eigenvalue weighted by molar-refractivity contribution is 0.0572. The van der Waals surface area contributed by atoms with Crippen molar-refractivity contribution < 1.29 is 9.90 Å². The Morgan fingerprint density at radius 1 is 1.42 bits per heavy atom. The highest BCUT2D eigenvalue weighted by atomic mass is 16.3. The molecule has 1 amide bonds. The molecule has 1 aliphatic heterocycles. The average molecular weight is 358 g/mol. The van der Waals surface area contributed by atoms with Crippen molar-refractivity contribution in [1.82, 2.24) is 25.1 Å². The first-order valence-corrected chi connectivity index (χ1v) is 9.01. The van der Waals surface area contributed by atoms with Crippen molar-refractivity contribution in [1.29, 1.82) is 0 Å². The molecule has 0 bridgehead atoms. The van der Waals surface area contributed by atoms with Crippen LogP contribution in [0, 0.1) is 0 Å². The lowest BCUT2D eigenvalue weighted by Gasteiger charge is -2.24. The van der Waals surface area contributed by atoms with Crippen molar-refractivity contribution in [3.63, 3.8) is 0 Å². The van der Waals surface area contributed by atoms with Crippen LogP contribution in [0.15, 0.2) is 24.7 Å². The molecule has 8 nitrogen and oxygen atoms in total. The van der Waals surface area contributed by atoms with Gasteiger partial charge in [-0.1, -0.05) is 13.8 Å². The monoisotopic (exact) mass is 358 g/mol. The van der Waals surface area contributed by atoms with Crippen molar-refractivity contribution in [3.8, 4) is 0 Å². The van der Waals surface area contributed by atoms with Gasteiger partial charge in [-0.15, -0.1) is 0 Å². The number of aryl methyl sites for hydroxylation is 1. The topological polar surface area (TPSA) is 96.2 Å². The van der Waals surface area contributed by atoms with E-state index in [2.05, 4.69) is 20.4 Å². The van der Waals surface area contributed by atoms with Crippen LogP contribution >= 0.6 is 0 Å². The predicted octanol–water partition coefficient (Wildman–Crippen LogP) is 1.19. The van der Waals surface area contributed by atoms with E-state index >= 15 is 0 Å². The number of β-amino-alcohol motifs (C(OH)–C–C–N with tert-alkyl or cyclic N) is 1. The molecule has 0 aliphatic carbocycles. The number of hydrogen-bond donors (Lipinski definition) is 2. The van der Waals surface area contributed by atoms with E-state index in [4.69, 9.17) is 0 Å². The van der Waals surface area contributed by atoms with E-state index in [1.807, 2.05) is 31.7 Å². The number of nitrogens with zero attached hydrogens (tertiary/aromatic N) is 5. The van der Waals surface area contributed by atoms with Gasteiger partial charge in [-0.05, 0) is 25.3 Å². The zero-order valence-electron chi connectivity index (χ0n) is 15.5. The number of nitrogens with one attached hydrogen (secondary N) is 1. The first-order chi connectivity index (χ1) is 12.4. The van der Waals surface area contributed by atoms with Gasteiger partial charge in [-0.2, -0.15) is 5.10 Å². The third-order valence-corrected chi connectivity index (χ3v) is 4.71. The summed E-state index contributed by atoms with van der Waals surface area (Å²) in [5, 5.41) is 18.1. The van der Waals surface area contributed by atoms with Gasteiger partial charge in [-0.3, -0.25) is 14.5 Å². The van der Waals surface area contributed by atoms with Crippen molar-refractivity contribution >= 4 is 11.7 Å². The van der Waals surface area contributed by atoms with E-state index in [1.54, 1.807) is 23.3 Å². The second-order valence-electron chi connectivity index (χ2n) is 7.07. The molecule has 0 saturated carbocycles. The fraction of sp³-hybridized carbons (Fsp3) is 0.556. The number of rotatable bonds is 6. The lowest BCUT2D eigenvalue weighted by Crippen LogP contribution is -2.45. The Kier molecular flexibility index (Phi) is 5.22. The molecule has 1 atom stereocenters. The summed E-state index contributed by atoms with van der Waals surface area (Å²) in [5.74, 6) is 0.784. The average Bonchev–Trinajstić information content (AvgIpc) is 3.25. The van der Waals surface area contributed by atoms with Crippen LogP contribution in [0.1, 0.15) is 49.3 Å². The minimum atomic E-state index is -0.981. The standard InChI is InChI=1S/C18H26N6O2/c1-4-24-15(9-14(22-24)13(2)3)17(25)21-11-18(26)5-8-23(12-18)16-10-19-6-7-20-16/h6-7,9-10,13,26H,4-5,8,11-12H2,1-3H3,(H,21,25)/t18-/m1/s1. The SMILES string of the molecule is CCn1nc(C(C)C)cc1C(=O)NC[C@]1(O)CCN(c2cnccn2)C1. The zero-order valence-corrected chi connectivity index (χ0v) is 15.5. The molecular weight excluding hydrogens is 332 g/mol. The third kappa shape index (κ3) is 3.85. The zero-order chi connectivity index (χ0) is 18.7. The smallest absolute Gasteiger partial charge is 0.269 e. The second kappa shape index (κ2) is 7.41. The van der Waals surface area contributed by atoms with E-state index in [1.165, 1.54) is 0 Å². The van der Waals surface area contributed by atoms with Crippen LogP contribution < -0.4 is 10.2 Å². The Balaban J connectivity index is 1.63. The molecule has 0 spiro atoms. The molecule has 8 heteroatoms. The maximum absolute atomic E-state index is 12.6. The van der Waals surface area contributed by atoms with Crippen LogP contribution in [-0.2, 0) is 6.54 Å². The van der Waals surface area contributed by atoms with Gasteiger partial charge >= 0.3 is 0 Å². The summed E-state index contributed by atoms with van der Waals surface area (Å²) in [7, 11) is 0. The van der Waals surface area contributed by atoms with Crippen molar-refractivity contribution in [3.05, 3.63) is 36.0 Å². The number of aromatic nitrogens is 4. The van der Waals surface area contributed by atoms with Gasteiger partial charge in [0.05, 0.1) is 11.9 Å². The predicted molar refractivity (Wildman–Crippen MR) is 98.1 cm³/mol. The molecule has 3 heterocycles. The van der Waals surface area contributed by atoms with Gasteiger partial charge in [0, 0.05) is 38.6 Å². The van der Waals surface area contributed by atoms with E-state index in [-0.39, 0.29) is 18.4 Å². The van der Waals surface area contributed by atoms with Gasteiger partial charge in [0.2, 0.25) is 0 Å². The number of amides is 1. The minimum Gasteiger partial charge on any atom is -0.386 e. The lowest BCUT2D eigenvalue weighted by atomic mass is 10.0. The Bertz CT molecular complexity index is 760. The highest BCUT2D eigenvalue weighted by molar-refractivity contribution is 5.92. The first kappa shape index (κ1) is 18.3. The molecule has 140 valence electrons. The van der Waals surface area contributed by atoms with Crippen LogP contribution in [0.2, 0.25) is 0 Å². The Hall–Kier alpha value is -2.48. The fourth-order valence-corrected chi connectivity index (χ4v) is 3.13. The van der Waals surface area contributed by atoms with Crippen LogP contribution in [-0.4, -0.2) is 56.0 Å². The summed E-state index contributed by atoms with van der Waals surface area (Å²) in [4.78, 5) is 22.9. The Labute approximate surface area is 153 Å². The van der Waals surface area contributed by atoms with Crippen LogP contribution in [0.3, 0.4) is 0 Å². The molecule has 0 radical (unpaired) electrons. The van der Waals surface area contributed by atoms with Gasteiger partial charge in [0.15, 0.2) is 0 Å². The summed E-state index contributed by atoms with van der Waals surface area (Å²) in [6, 6.07) is 1.83. The normalized spacial score (nSPS) is 20.0. The molecular formula is C18H26N6O2.